The van der Waals surface area contributed by atoms with Gasteiger partial charge in [0.25, 0.3) is 0 Å². The predicted octanol–water partition coefficient (Wildman–Crippen LogP) is 0.677. The standard InChI is InChI=1S/C10H8N4O2S/c11-5-8(6-12)7-14-9-3-1-2-4-10(9)17(13,15)16/h1-4,7,14H,(H2,13,15,16). The molecule has 0 amide bonds. The van der Waals surface area contributed by atoms with Gasteiger partial charge in [-0.15, -0.1) is 0 Å². The number of sulfonamides is 1. The number of nitrogens with zero attached hydrogens (tertiary/aromatic N) is 2. The van der Waals surface area contributed by atoms with Gasteiger partial charge in [0.2, 0.25) is 10.0 Å². The van der Waals surface area contributed by atoms with E-state index in [4.69, 9.17) is 15.7 Å². The van der Waals surface area contributed by atoms with E-state index in [2.05, 4.69) is 5.32 Å². The number of anilines is 1. The minimum Gasteiger partial charge on any atom is -0.359 e. The van der Waals surface area contributed by atoms with E-state index < -0.39 is 10.0 Å². The fraction of sp³-hybridized carbons (Fsp3) is 0. The zero-order chi connectivity index (χ0) is 12.9. The van der Waals surface area contributed by atoms with E-state index in [1.165, 1.54) is 18.2 Å². The number of benzene rings is 1. The number of hydrogen-bond donors (Lipinski definition) is 2. The van der Waals surface area contributed by atoms with Crippen LogP contribution in [0.25, 0.3) is 0 Å². The molecule has 7 heteroatoms. The number of primary sulfonamides is 1. The van der Waals surface area contributed by atoms with Crippen LogP contribution < -0.4 is 10.5 Å². The molecule has 86 valence electrons. The molecule has 0 heterocycles. The zero-order valence-corrected chi connectivity index (χ0v) is 9.40. The molecule has 1 aromatic carbocycles. The van der Waals surface area contributed by atoms with Gasteiger partial charge in [0.15, 0.2) is 0 Å². The van der Waals surface area contributed by atoms with Crippen LogP contribution in [0.4, 0.5) is 5.69 Å². The first-order valence-electron chi connectivity index (χ1n) is 4.38. The minimum absolute atomic E-state index is 0.105. The van der Waals surface area contributed by atoms with Crippen LogP contribution in [0.15, 0.2) is 40.9 Å². The Morgan fingerprint density at radius 3 is 2.41 bits per heavy atom. The summed E-state index contributed by atoms with van der Waals surface area (Å²) in [6, 6.07) is 9.19. The minimum atomic E-state index is -3.85. The second kappa shape index (κ2) is 5.12. The maximum absolute atomic E-state index is 11.2. The van der Waals surface area contributed by atoms with Gasteiger partial charge in [0.1, 0.15) is 22.6 Å². The molecule has 0 saturated heterocycles. The summed E-state index contributed by atoms with van der Waals surface area (Å²) in [4.78, 5) is -0.105. The lowest BCUT2D eigenvalue weighted by atomic mass is 10.3. The third-order valence-corrected chi connectivity index (χ3v) is 2.78. The molecule has 0 aliphatic rings. The molecule has 0 radical (unpaired) electrons. The Kier molecular flexibility index (Phi) is 3.83. The zero-order valence-electron chi connectivity index (χ0n) is 8.58. The molecule has 0 fully saturated rings. The average molecular weight is 248 g/mol. The molecule has 0 bridgehead atoms. The van der Waals surface area contributed by atoms with Crippen LogP contribution in [-0.4, -0.2) is 8.42 Å². The number of hydrogen-bond acceptors (Lipinski definition) is 5. The molecule has 17 heavy (non-hydrogen) atoms. The Morgan fingerprint density at radius 1 is 1.29 bits per heavy atom. The average Bonchev–Trinajstić information content (AvgIpc) is 2.29. The summed E-state index contributed by atoms with van der Waals surface area (Å²) in [5.74, 6) is 0. The highest BCUT2D eigenvalue weighted by molar-refractivity contribution is 7.89. The quantitative estimate of drug-likeness (QED) is 0.762. The van der Waals surface area contributed by atoms with Gasteiger partial charge in [0, 0.05) is 6.20 Å². The SMILES string of the molecule is N#CC(C#N)=CNc1ccccc1S(N)(=O)=O. The van der Waals surface area contributed by atoms with E-state index in [0.29, 0.717) is 0 Å². The number of nitrogens with two attached hydrogens (primary N) is 1. The molecule has 0 aliphatic heterocycles. The van der Waals surface area contributed by atoms with E-state index in [1.807, 2.05) is 0 Å². The molecule has 3 N–H and O–H groups in total. The Morgan fingerprint density at radius 2 is 1.88 bits per heavy atom. The van der Waals surface area contributed by atoms with Crippen molar-refractivity contribution in [2.75, 3.05) is 5.32 Å². The smallest absolute Gasteiger partial charge is 0.240 e. The van der Waals surface area contributed by atoms with E-state index >= 15 is 0 Å². The van der Waals surface area contributed by atoms with Crippen LogP contribution in [-0.2, 0) is 10.0 Å². The lowest BCUT2D eigenvalue weighted by molar-refractivity contribution is 0.598. The van der Waals surface area contributed by atoms with Crippen molar-refractivity contribution in [3.05, 3.63) is 36.0 Å². The fourth-order valence-electron chi connectivity index (χ4n) is 1.07. The molecule has 0 aromatic heterocycles. The molecule has 1 aromatic rings. The van der Waals surface area contributed by atoms with Crippen molar-refractivity contribution in [2.45, 2.75) is 4.90 Å². The van der Waals surface area contributed by atoms with Gasteiger partial charge in [-0.2, -0.15) is 10.5 Å². The summed E-state index contributed by atoms with van der Waals surface area (Å²) in [6.45, 7) is 0. The monoisotopic (exact) mass is 248 g/mol. The van der Waals surface area contributed by atoms with Gasteiger partial charge < -0.3 is 5.32 Å². The highest BCUT2D eigenvalue weighted by Crippen LogP contribution is 2.19. The van der Waals surface area contributed by atoms with Gasteiger partial charge in [-0.3, -0.25) is 0 Å². The van der Waals surface area contributed by atoms with E-state index in [9.17, 15) is 8.42 Å². The first kappa shape index (κ1) is 12.7. The van der Waals surface area contributed by atoms with E-state index in [0.717, 1.165) is 6.20 Å². The fourth-order valence-corrected chi connectivity index (χ4v) is 1.78. The second-order valence-electron chi connectivity index (χ2n) is 2.97. The topological polar surface area (TPSA) is 120 Å². The Balaban J connectivity index is 3.15. The predicted molar refractivity (Wildman–Crippen MR) is 60.7 cm³/mol. The summed E-state index contributed by atoms with van der Waals surface area (Å²) in [6.07, 6.45) is 1.12. The molecule has 0 unspecified atom stereocenters. The summed E-state index contributed by atoms with van der Waals surface area (Å²) >= 11 is 0. The molecular weight excluding hydrogens is 240 g/mol. The number of nitrogens with one attached hydrogen (secondary N) is 1. The van der Waals surface area contributed by atoms with Crippen molar-refractivity contribution in [3.8, 4) is 12.1 Å². The van der Waals surface area contributed by atoms with Crippen molar-refractivity contribution >= 4 is 15.7 Å². The molecular formula is C10H8N4O2S. The highest BCUT2D eigenvalue weighted by Gasteiger charge is 2.12. The Labute approximate surface area is 98.6 Å². The lowest BCUT2D eigenvalue weighted by Gasteiger charge is -2.06. The largest absolute Gasteiger partial charge is 0.359 e. The van der Waals surface area contributed by atoms with Crippen molar-refractivity contribution in [3.63, 3.8) is 0 Å². The molecule has 0 saturated carbocycles. The van der Waals surface area contributed by atoms with Crippen LogP contribution >= 0.6 is 0 Å². The number of rotatable bonds is 3. The van der Waals surface area contributed by atoms with Crippen molar-refractivity contribution < 1.29 is 8.42 Å². The van der Waals surface area contributed by atoms with Gasteiger partial charge >= 0.3 is 0 Å². The van der Waals surface area contributed by atoms with Crippen LogP contribution in [0.5, 0.6) is 0 Å². The molecule has 0 aliphatic carbocycles. The number of allylic oxidation sites excluding steroid dienone is 1. The summed E-state index contributed by atoms with van der Waals surface area (Å²) < 4.78 is 22.4. The van der Waals surface area contributed by atoms with Gasteiger partial charge in [-0.05, 0) is 12.1 Å². The molecule has 0 spiro atoms. The second-order valence-corrected chi connectivity index (χ2v) is 4.50. The van der Waals surface area contributed by atoms with Crippen LogP contribution in [0.3, 0.4) is 0 Å². The van der Waals surface area contributed by atoms with Crippen molar-refractivity contribution in [1.29, 1.82) is 10.5 Å². The summed E-state index contributed by atoms with van der Waals surface area (Å²) in [7, 11) is -3.85. The first-order chi connectivity index (χ1) is 7.99. The van der Waals surface area contributed by atoms with Gasteiger partial charge in [-0.25, -0.2) is 13.6 Å². The van der Waals surface area contributed by atoms with Gasteiger partial charge in [0.05, 0.1) is 5.69 Å². The maximum atomic E-state index is 11.2. The molecule has 6 nitrogen and oxygen atoms in total. The third kappa shape index (κ3) is 3.31. The molecule has 1 rings (SSSR count). The normalized spacial score (nSPS) is 9.82. The van der Waals surface area contributed by atoms with E-state index in [1.54, 1.807) is 18.2 Å². The van der Waals surface area contributed by atoms with Crippen LogP contribution in [0.1, 0.15) is 0 Å². The van der Waals surface area contributed by atoms with Gasteiger partial charge in [-0.1, -0.05) is 12.1 Å². The number of para-hydroxylation sites is 1. The van der Waals surface area contributed by atoms with Crippen LogP contribution in [0.2, 0.25) is 0 Å². The third-order valence-electron chi connectivity index (χ3n) is 1.81. The summed E-state index contributed by atoms with van der Waals surface area (Å²) in [5, 5.41) is 24.6. The summed E-state index contributed by atoms with van der Waals surface area (Å²) in [5.41, 5.74) is 0.0345. The van der Waals surface area contributed by atoms with Crippen molar-refractivity contribution in [2.24, 2.45) is 5.14 Å². The first-order valence-corrected chi connectivity index (χ1v) is 5.92. The van der Waals surface area contributed by atoms with Crippen molar-refractivity contribution in [1.82, 2.24) is 0 Å². The molecule has 0 atom stereocenters. The number of nitriles is 2. The Bertz CT molecular complexity index is 619. The lowest BCUT2D eigenvalue weighted by Crippen LogP contribution is -2.13. The van der Waals surface area contributed by atoms with Crippen LogP contribution in [0, 0.1) is 22.7 Å². The highest BCUT2D eigenvalue weighted by atomic mass is 32.2. The Hall–Kier alpha value is -2.35. The maximum Gasteiger partial charge on any atom is 0.240 e. The van der Waals surface area contributed by atoms with E-state index in [-0.39, 0.29) is 16.2 Å².